The molecule has 2 N–H and O–H groups in total. The highest BCUT2D eigenvalue weighted by atomic mass is 35.5. The van der Waals surface area contributed by atoms with Gasteiger partial charge in [0.15, 0.2) is 17.3 Å². The number of aryl methyl sites for hydroxylation is 1. The summed E-state index contributed by atoms with van der Waals surface area (Å²) in [6.45, 7) is 1.85. The van der Waals surface area contributed by atoms with Gasteiger partial charge in [-0.25, -0.2) is 13.8 Å². The third kappa shape index (κ3) is 4.63. The molecular formula is C23H24ClF2N5O3. The van der Waals surface area contributed by atoms with Crippen molar-refractivity contribution in [1.82, 2.24) is 14.9 Å². The number of nitrogen functional groups attached to an aromatic ring is 1. The zero-order valence-electron chi connectivity index (χ0n) is 18.8. The summed E-state index contributed by atoms with van der Waals surface area (Å²) in [7, 11) is 2.75. The molecule has 8 nitrogen and oxygen atoms in total. The van der Waals surface area contributed by atoms with Crippen LogP contribution in [0.1, 0.15) is 12.0 Å². The zero-order chi connectivity index (χ0) is 24.4. The molecule has 0 atom stereocenters. The summed E-state index contributed by atoms with van der Waals surface area (Å²) in [5, 5.41) is 0.370. The van der Waals surface area contributed by atoms with Crippen LogP contribution < -0.4 is 20.1 Å². The number of hydrogen-bond acceptors (Lipinski definition) is 7. The third-order valence-corrected chi connectivity index (χ3v) is 6.11. The van der Waals surface area contributed by atoms with E-state index in [2.05, 4.69) is 9.97 Å². The van der Waals surface area contributed by atoms with Gasteiger partial charge < -0.3 is 25.0 Å². The second-order valence-corrected chi connectivity index (χ2v) is 8.25. The van der Waals surface area contributed by atoms with E-state index in [9.17, 15) is 9.18 Å². The van der Waals surface area contributed by atoms with Crippen molar-refractivity contribution in [3.63, 3.8) is 0 Å². The van der Waals surface area contributed by atoms with Crippen LogP contribution >= 0.6 is 11.6 Å². The number of aromatic nitrogens is 2. The van der Waals surface area contributed by atoms with Crippen molar-refractivity contribution in [3.8, 4) is 11.5 Å². The molecule has 0 bridgehead atoms. The lowest BCUT2D eigenvalue weighted by atomic mass is 10.1. The molecule has 1 aromatic heterocycles. The summed E-state index contributed by atoms with van der Waals surface area (Å²) in [6, 6.07) is 6.00. The van der Waals surface area contributed by atoms with Crippen LogP contribution in [0.15, 0.2) is 24.3 Å². The minimum Gasteiger partial charge on any atom is -0.493 e. The summed E-state index contributed by atoms with van der Waals surface area (Å²) in [5.41, 5.74) is 6.94. The molecule has 11 heteroatoms. The molecule has 1 saturated heterocycles. The van der Waals surface area contributed by atoms with E-state index >= 15 is 4.39 Å². The van der Waals surface area contributed by atoms with E-state index in [-0.39, 0.29) is 46.1 Å². The van der Waals surface area contributed by atoms with Crippen LogP contribution in [-0.2, 0) is 11.2 Å². The van der Waals surface area contributed by atoms with Gasteiger partial charge in [0, 0.05) is 38.0 Å². The Morgan fingerprint density at radius 1 is 1.12 bits per heavy atom. The van der Waals surface area contributed by atoms with Gasteiger partial charge >= 0.3 is 0 Å². The summed E-state index contributed by atoms with van der Waals surface area (Å²) in [6.07, 6.45) is 0.752. The van der Waals surface area contributed by atoms with E-state index in [0.29, 0.717) is 38.0 Å². The fourth-order valence-corrected chi connectivity index (χ4v) is 4.14. The molecule has 0 unspecified atom stereocenters. The van der Waals surface area contributed by atoms with E-state index < -0.39 is 11.6 Å². The van der Waals surface area contributed by atoms with Crippen LogP contribution in [0, 0.1) is 11.6 Å². The molecule has 4 rings (SSSR count). The second-order valence-electron chi connectivity index (χ2n) is 7.85. The largest absolute Gasteiger partial charge is 0.493 e. The predicted molar refractivity (Wildman–Crippen MR) is 126 cm³/mol. The minimum absolute atomic E-state index is 0.0121. The van der Waals surface area contributed by atoms with Gasteiger partial charge in [0.25, 0.3) is 0 Å². The molecule has 180 valence electrons. The molecule has 2 heterocycles. The molecule has 0 spiro atoms. The standard InChI is InChI=1S/C23H24ClF2N5O3/c1-33-17-12-14-20(19(26)21(17)34-2)28-23(29-22(14)27)31-9-7-30(8-10-31)18(32)6-4-13-3-5-16(25)15(24)11-13/h3,5,11-12H,4,6-10H2,1-2H3,(H2,27,28,29). The highest BCUT2D eigenvalue weighted by Crippen LogP contribution is 2.37. The van der Waals surface area contributed by atoms with Crippen LogP contribution in [0.25, 0.3) is 10.9 Å². The Morgan fingerprint density at radius 2 is 1.85 bits per heavy atom. The maximum Gasteiger partial charge on any atom is 0.228 e. The minimum atomic E-state index is -0.679. The predicted octanol–water partition coefficient (Wildman–Crippen LogP) is 3.44. The van der Waals surface area contributed by atoms with Gasteiger partial charge in [0.2, 0.25) is 11.9 Å². The lowest BCUT2D eigenvalue weighted by Gasteiger charge is -2.35. The monoisotopic (exact) mass is 491 g/mol. The third-order valence-electron chi connectivity index (χ3n) is 5.82. The normalized spacial score (nSPS) is 13.9. The molecule has 3 aromatic rings. The molecular weight excluding hydrogens is 468 g/mol. The van der Waals surface area contributed by atoms with E-state index in [1.54, 1.807) is 17.0 Å². The molecule has 0 radical (unpaired) electrons. The Hall–Kier alpha value is -3.40. The average Bonchev–Trinajstić information content (AvgIpc) is 2.84. The van der Waals surface area contributed by atoms with Gasteiger partial charge in [-0.15, -0.1) is 0 Å². The van der Waals surface area contributed by atoms with E-state index in [0.717, 1.165) is 5.56 Å². The van der Waals surface area contributed by atoms with Gasteiger partial charge in [0.1, 0.15) is 17.2 Å². The first-order valence-corrected chi connectivity index (χ1v) is 11.0. The highest BCUT2D eigenvalue weighted by Gasteiger charge is 2.25. The number of benzene rings is 2. The van der Waals surface area contributed by atoms with E-state index in [4.69, 9.17) is 26.8 Å². The summed E-state index contributed by atoms with van der Waals surface area (Å²) >= 11 is 5.81. The summed E-state index contributed by atoms with van der Waals surface area (Å²) < 4.78 is 38.6. The van der Waals surface area contributed by atoms with Crippen molar-refractivity contribution in [3.05, 3.63) is 46.5 Å². The Bertz CT molecular complexity index is 1240. The van der Waals surface area contributed by atoms with Crippen LogP contribution in [0.4, 0.5) is 20.5 Å². The Morgan fingerprint density at radius 3 is 2.50 bits per heavy atom. The number of methoxy groups -OCH3 is 2. The number of carbonyl (C=O) groups excluding carboxylic acids is 1. The number of hydrogen-bond donors (Lipinski definition) is 1. The number of nitrogens with two attached hydrogens (primary N) is 1. The molecule has 0 saturated carbocycles. The second kappa shape index (κ2) is 9.84. The average molecular weight is 492 g/mol. The number of halogens is 3. The molecule has 0 aliphatic carbocycles. The number of fused-ring (bicyclic) bond motifs is 1. The number of amides is 1. The van der Waals surface area contributed by atoms with Crippen LogP contribution in [0.2, 0.25) is 5.02 Å². The molecule has 1 amide bonds. The molecule has 2 aromatic carbocycles. The van der Waals surface area contributed by atoms with Crippen molar-refractivity contribution in [1.29, 1.82) is 0 Å². The first-order valence-electron chi connectivity index (χ1n) is 10.7. The van der Waals surface area contributed by atoms with E-state index in [1.807, 2.05) is 4.90 Å². The zero-order valence-corrected chi connectivity index (χ0v) is 19.5. The van der Waals surface area contributed by atoms with Crippen molar-refractivity contribution in [2.75, 3.05) is 51.0 Å². The number of carbonyl (C=O) groups is 1. The van der Waals surface area contributed by atoms with Gasteiger partial charge in [-0.2, -0.15) is 4.98 Å². The summed E-state index contributed by atoms with van der Waals surface area (Å²) in [4.78, 5) is 25.0. The van der Waals surface area contributed by atoms with Crippen molar-refractivity contribution in [2.45, 2.75) is 12.8 Å². The smallest absolute Gasteiger partial charge is 0.228 e. The van der Waals surface area contributed by atoms with E-state index in [1.165, 1.54) is 26.4 Å². The lowest BCUT2D eigenvalue weighted by Crippen LogP contribution is -2.49. The fourth-order valence-electron chi connectivity index (χ4n) is 3.94. The number of anilines is 2. The van der Waals surface area contributed by atoms with Gasteiger partial charge in [0.05, 0.1) is 19.2 Å². The first kappa shape index (κ1) is 23.7. The maximum absolute atomic E-state index is 15.0. The number of piperazine rings is 1. The van der Waals surface area contributed by atoms with Crippen LogP contribution in [0.5, 0.6) is 11.5 Å². The van der Waals surface area contributed by atoms with Crippen molar-refractivity contribution >= 4 is 40.2 Å². The summed E-state index contributed by atoms with van der Waals surface area (Å²) in [5.74, 6) is -0.631. The SMILES string of the molecule is COc1cc2c(N)nc(N3CCN(C(=O)CCc4ccc(F)c(Cl)c4)CC3)nc2c(F)c1OC. The Balaban J connectivity index is 1.44. The molecule has 34 heavy (non-hydrogen) atoms. The number of ether oxygens (including phenoxy) is 2. The van der Waals surface area contributed by atoms with Crippen LogP contribution in [-0.4, -0.2) is 61.2 Å². The molecule has 1 fully saturated rings. The van der Waals surface area contributed by atoms with Gasteiger partial charge in [-0.3, -0.25) is 4.79 Å². The quantitative estimate of drug-likeness (QED) is 0.564. The van der Waals surface area contributed by atoms with Crippen molar-refractivity contribution in [2.24, 2.45) is 0 Å². The lowest BCUT2D eigenvalue weighted by molar-refractivity contribution is -0.131. The topological polar surface area (TPSA) is 93.8 Å². The molecule has 1 aliphatic rings. The van der Waals surface area contributed by atoms with Gasteiger partial charge in [-0.05, 0) is 30.2 Å². The highest BCUT2D eigenvalue weighted by molar-refractivity contribution is 6.30. The first-order chi connectivity index (χ1) is 16.3. The van der Waals surface area contributed by atoms with Crippen molar-refractivity contribution < 1.29 is 23.0 Å². The Labute approximate surface area is 200 Å². The number of rotatable bonds is 6. The number of nitrogens with zero attached hydrogens (tertiary/aromatic N) is 4. The molecule has 1 aliphatic heterocycles. The Kier molecular flexibility index (Phi) is 6.87. The van der Waals surface area contributed by atoms with Crippen LogP contribution in [0.3, 0.4) is 0 Å². The maximum atomic E-state index is 15.0. The fraction of sp³-hybridized carbons (Fsp3) is 0.348. The van der Waals surface area contributed by atoms with Gasteiger partial charge in [-0.1, -0.05) is 17.7 Å².